The molecule has 0 aliphatic carbocycles. The molecule has 0 rings (SSSR count). The minimum atomic E-state index is -0.284. The molecule has 0 saturated carbocycles. The molecule has 0 spiro atoms. The quantitative estimate of drug-likeness (QED) is 0.396. The van der Waals surface area contributed by atoms with Crippen LogP contribution in [0.5, 0.6) is 0 Å². The zero-order valence-corrected chi connectivity index (χ0v) is 10.5. The fourth-order valence-corrected chi connectivity index (χ4v) is 1.00. The molecule has 2 nitrogen and oxygen atoms in total. The summed E-state index contributed by atoms with van der Waals surface area (Å²) >= 11 is 5.64. The predicted octanol–water partition coefficient (Wildman–Crippen LogP) is 3.29. The van der Waals surface area contributed by atoms with Crippen molar-refractivity contribution < 1.29 is 9.47 Å². The van der Waals surface area contributed by atoms with Crippen molar-refractivity contribution in [2.45, 2.75) is 20.1 Å². The molecule has 0 aromatic carbocycles. The summed E-state index contributed by atoms with van der Waals surface area (Å²) in [7, 11) is 3.22. The van der Waals surface area contributed by atoms with Gasteiger partial charge in [-0.1, -0.05) is 29.4 Å². The lowest BCUT2D eigenvalue weighted by atomic mass is 10.2. The Hall–Kier alpha value is -0.570. The van der Waals surface area contributed by atoms with Gasteiger partial charge in [0.1, 0.15) is 0 Å². The Morgan fingerprint density at radius 3 is 2.33 bits per heavy atom. The van der Waals surface area contributed by atoms with Gasteiger partial charge in [-0.2, -0.15) is 0 Å². The van der Waals surface area contributed by atoms with Crippen molar-refractivity contribution in [2.75, 3.05) is 20.1 Å². The molecule has 3 heteroatoms. The number of methoxy groups -OCH3 is 2. The zero-order chi connectivity index (χ0) is 11.7. The van der Waals surface area contributed by atoms with Gasteiger partial charge in [-0.05, 0) is 19.9 Å². The Kier molecular flexibility index (Phi) is 8.38. The molecular formula is C12H19ClO2. The minimum absolute atomic E-state index is 0.284. The van der Waals surface area contributed by atoms with E-state index in [-0.39, 0.29) is 6.29 Å². The van der Waals surface area contributed by atoms with Crippen molar-refractivity contribution in [3.8, 4) is 0 Å². The maximum atomic E-state index is 5.64. The Labute approximate surface area is 97.2 Å². The molecular weight excluding hydrogens is 212 g/mol. The van der Waals surface area contributed by atoms with E-state index >= 15 is 0 Å². The lowest BCUT2D eigenvalue weighted by Crippen LogP contribution is -2.09. The average Bonchev–Trinajstić information content (AvgIpc) is 2.25. The molecule has 0 atom stereocenters. The van der Waals surface area contributed by atoms with Crippen LogP contribution in [0.15, 0.2) is 35.5 Å². The summed E-state index contributed by atoms with van der Waals surface area (Å²) in [5, 5.41) is 0. The molecule has 86 valence electrons. The van der Waals surface area contributed by atoms with Crippen LogP contribution in [-0.4, -0.2) is 26.4 Å². The summed E-state index contributed by atoms with van der Waals surface area (Å²) in [6, 6.07) is 0. The second-order valence-electron chi connectivity index (χ2n) is 3.26. The maximum absolute atomic E-state index is 5.64. The van der Waals surface area contributed by atoms with Crippen LogP contribution >= 0.6 is 11.6 Å². The molecule has 0 saturated heterocycles. The third-order valence-electron chi connectivity index (χ3n) is 1.81. The van der Waals surface area contributed by atoms with Crippen molar-refractivity contribution in [2.24, 2.45) is 0 Å². The molecule has 0 fully saturated rings. The SMILES string of the molecule is COC(/C=C(C)/C=C/C=C(\C)CCl)OC. The van der Waals surface area contributed by atoms with Crippen LogP contribution < -0.4 is 0 Å². The first-order chi connectivity index (χ1) is 7.13. The molecule has 0 aliphatic rings. The van der Waals surface area contributed by atoms with Crippen LogP contribution in [0.4, 0.5) is 0 Å². The maximum Gasteiger partial charge on any atom is 0.176 e. The molecule has 0 amide bonds. The van der Waals surface area contributed by atoms with Crippen LogP contribution in [0.2, 0.25) is 0 Å². The van der Waals surface area contributed by atoms with Crippen LogP contribution in [0, 0.1) is 0 Å². The average molecular weight is 231 g/mol. The number of allylic oxidation sites excluding steroid dienone is 5. The number of halogens is 1. The van der Waals surface area contributed by atoms with Gasteiger partial charge in [-0.25, -0.2) is 0 Å². The van der Waals surface area contributed by atoms with E-state index in [0.29, 0.717) is 5.88 Å². The summed E-state index contributed by atoms with van der Waals surface area (Å²) in [6.45, 7) is 3.98. The highest BCUT2D eigenvalue weighted by Gasteiger charge is 1.98. The van der Waals surface area contributed by atoms with Gasteiger partial charge in [0.2, 0.25) is 0 Å². The second kappa shape index (κ2) is 8.72. The zero-order valence-electron chi connectivity index (χ0n) is 9.79. The van der Waals surface area contributed by atoms with Gasteiger partial charge in [0.15, 0.2) is 6.29 Å². The lowest BCUT2D eigenvalue weighted by Gasteiger charge is -2.08. The smallest absolute Gasteiger partial charge is 0.176 e. The first-order valence-electron chi connectivity index (χ1n) is 4.77. The van der Waals surface area contributed by atoms with Gasteiger partial charge in [0, 0.05) is 20.1 Å². The van der Waals surface area contributed by atoms with Crippen molar-refractivity contribution in [1.29, 1.82) is 0 Å². The summed E-state index contributed by atoms with van der Waals surface area (Å²) in [5.74, 6) is 0.561. The lowest BCUT2D eigenvalue weighted by molar-refractivity contribution is -0.0669. The van der Waals surface area contributed by atoms with Crippen molar-refractivity contribution >= 4 is 11.6 Å². The van der Waals surface area contributed by atoms with Gasteiger partial charge in [-0.15, -0.1) is 11.6 Å². The summed E-state index contributed by atoms with van der Waals surface area (Å²) in [5.41, 5.74) is 2.22. The number of hydrogen-bond acceptors (Lipinski definition) is 2. The molecule has 0 unspecified atom stereocenters. The van der Waals surface area contributed by atoms with Crippen molar-refractivity contribution in [3.63, 3.8) is 0 Å². The Morgan fingerprint density at radius 1 is 1.27 bits per heavy atom. The Bertz CT molecular complexity index is 250. The molecule has 15 heavy (non-hydrogen) atoms. The monoisotopic (exact) mass is 230 g/mol. The van der Waals surface area contributed by atoms with E-state index in [0.717, 1.165) is 11.1 Å². The fraction of sp³-hybridized carbons (Fsp3) is 0.500. The largest absolute Gasteiger partial charge is 0.352 e. The van der Waals surface area contributed by atoms with E-state index in [2.05, 4.69) is 0 Å². The number of ether oxygens (including phenoxy) is 2. The Morgan fingerprint density at radius 2 is 1.87 bits per heavy atom. The predicted molar refractivity (Wildman–Crippen MR) is 65.2 cm³/mol. The van der Waals surface area contributed by atoms with Crippen LogP contribution in [0.25, 0.3) is 0 Å². The van der Waals surface area contributed by atoms with Crippen molar-refractivity contribution in [1.82, 2.24) is 0 Å². The van der Waals surface area contributed by atoms with Gasteiger partial charge in [0.25, 0.3) is 0 Å². The van der Waals surface area contributed by atoms with Gasteiger partial charge >= 0.3 is 0 Å². The summed E-state index contributed by atoms with van der Waals surface area (Å²) < 4.78 is 10.1. The normalized spacial score (nSPS) is 14.3. The van der Waals surface area contributed by atoms with E-state index in [1.807, 2.05) is 38.2 Å². The summed E-state index contributed by atoms with van der Waals surface area (Å²) in [6.07, 6.45) is 7.56. The van der Waals surface area contributed by atoms with E-state index < -0.39 is 0 Å². The first-order valence-corrected chi connectivity index (χ1v) is 5.31. The third-order valence-corrected chi connectivity index (χ3v) is 2.24. The number of rotatable bonds is 6. The van der Waals surface area contributed by atoms with Gasteiger partial charge in [-0.3, -0.25) is 0 Å². The van der Waals surface area contributed by atoms with E-state index in [4.69, 9.17) is 21.1 Å². The minimum Gasteiger partial charge on any atom is -0.352 e. The second-order valence-corrected chi connectivity index (χ2v) is 3.52. The van der Waals surface area contributed by atoms with Crippen LogP contribution in [0.1, 0.15) is 13.8 Å². The number of hydrogen-bond donors (Lipinski definition) is 0. The van der Waals surface area contributed by atoms with Gasteiger partial charge in [0.05, 0.1) is 0 Å². The first kappa shape index (κ1) is 14.4. The highest BCUT2D eigenvalue weighted by molar-refractivity contribution is 6.19. The third kappa shape index (κ3) is 7.37. The van der Waals surface area contributed by atoms with Gasteiger partial charge < -0.3 is 9.47 Å². The number of alkyl halides is 1. The van der Waals surface area contributed by atoms with Crippen LogP contribution in [-0.2, 0) is 9.47 Å². The molecule has 0 bridgehead atoms. The molecule has 0 radical (unpaired) electrons. The van der Waals surface area contributed by atoms with E-state index in [1.165, 1.54) is 0 Å². The molecule has 0 heterocycles. The fourth-order valence-electron chi connectivity index (χ4n) is 0.911. The summed E-state index contributed by atoms with van der Waals surface area (Å²) in [4.78, 5) is 0. The standard InChI is InChI=1S/C12H19ClO2/c1-10(8-12(14-3)15-4)6-5-7-11(2)9-13/h5-8,12H,9H2,1-4H3/b6-5+,10-8+,11-7+. The molecule has 0 aromatic rings. The molecule has 0 aromatic heterocycles. The highest BCUT2D eigenvalue weighted by Crippen LogP contribution is 2.03. The van der Waals surface area contributed by atoms with E-state index in [9.17, 15) is 0 Å². The Balaban J connectivity index is 4.28. The van der Waals surface area contributed by atoms with Crippen LogP contribution in [0.3, 0.4) is 0 Å². The highest BCUT2D eigenvalue weighted by atomic mass is 35.5. The molecule has 0 aliphatic heterocycles. The molecule has 0 N–H and O–H groups in total. The topological polar surface area (TPSA) is 18.5 Å². The van der Waals surface area contributed by atoms with E-state index in [1.54, 1.807) is 14.2 Å². The van der Waals surface area contributed by atoms with Crippen molar-refractivity contribution in [3.05, 3.63) is 35.5 Å².